The van der Waals surface area contributed by atoms with Gasteiger partial charge in [-0.15, -0.1) is 0 Å². The first kappa shape index (κ1) is 13.0. The molecule has 0 amide bonds. The lowest BCUT2D eigenvalue weighted by Crippen LogP contribution is -2.43. The molecule has 0 spiro atoms. The van der Waals surface area contributed by atoms with Crippen LogP contribution in [0.1, 0.15) is 33.6 Å². The number of hydrogen-bond acceptors (Lipinski definition) is 3. The van der Waals surface area contributed by atoms with Gasteiger partial charge < -0.3 is 0 Å². The van der Waals surface area contributed by atoms with Gasteiger partial charge in [-0.05, 0) is 25.7 Å². The van der Waals surface area contributed by atoms with E-state index in [1.54, 1.807) is 6.92 Å². The van der Waals surface area contributed by atoms with Crippen molar-refractivity contribution in [3.8, 4) is 0 Å². The lowest BCUT2D eigenvalue weighted by atomic mass is 9.95. The van der Waals surface area contributed by atoms with E-state index in [2.05, 4.69) is 18.7 Å². The number of nitrogens with zero attached hydrogens (tertiary/aromatic N) is 1. The van der Waals surface area contributed by atoms with Crippen molar-refractivity contribution in [2.24, 2.45) is 5.92 Å². The molecule has 1 aliphatic heterocycles. The van der Waals surface area contributed by atoms with Gasteiger partial charge in [0, 0.05) is 24.9 Å². The second-order valence-electron chi connectivity index (χ2n) is 4.76. The summed E-state index contributed by atoms with van der Waals surface area (Å²) in [5, 5.41) is 0. The summed E-state index contributed by atoms with van der Waals surface area (Å²) >= 11 is 0. The van der Waals surface area contributed by atoms with Crippen molar-refractivity contribution in [3.05, 3.63) is 0 Å². The summed E-state index contributed by atoms with van der Waals surface area (Å²) in [6.07, 6.45) is 2.48. The molecule has 0 aromatic rings. The van der Waals surface area contributed by atoms with Crippen molar-refractivity contribution in [1.29, 1.82) is 0 Å². The van der Waals surface area contributed by atoms with Crippen LogP contribution in [0.3, 0.4) is 0 Å². The topological polar surface area (TPSA) is 37.4 Å². The van der Waals surface area contributed by atoms with Crippen LogP contribution in [-0.4, -0.2) is 44.0 Å². The second-order valence-corrected chi connectivity index (χ2v) is 7.24. The molecule has 0 aromatic heterocycles. The van der Waals surface area contributed by atoms with Gasteiger partial charge in [-0.25, -0.2) is 8.42 Å². The summed E-state index contributed by atoms with van der Waals surface area (Å²) in [4.78, 5) is 2.32. The Kier molecular flexibility index (Phi) is 4.59. The number of piperidine rings is 1. The van der Waals surface area contributed by atoms with Gasteiger partial charge in [0.25, 0.3) is 0 Å². The van der Waals surface area contributed by atoms with Crippen LogP contribution in [-0.2, 0) is 9.84 Å². The van der Waals surface area contributed by atoms with Crippen molar-refractivity contribution >= 4 is 9.84 Å². The molecule has 3 nitrogen and oxygen atoms in total. The highest BCUT2D eigenvalue weighted by atomic mass is 32.2. The van der Waals surface area contributed by atoms with Crippen LogP contribution in [0.2, 0.25) is 0 Å². The first-order valence-electron chi connectivity index (χ1n) is 5.89. The van der Waals surface area contributed by atoms with Crippen molar-refractivity contribution in [2.45, 2.75) is 39.7 Å². The third-order valence-corrected chi connectivity index (χ3v) is 5.06. The highest BCUT2D eigenvalue weighted by Crippen LogP contribution is 2.20. The van der Waals surface area contributed by atoms with Crippen LogP contribution in [0.5, 0.6) is 0 Å². The molecule has 1 heterocycles. The van der Waals surface area contributed by atoms with E-state index in [9.17, 15) is 8.42 Å². The minimum atomic E-state index is -2.80. The van der Waals surface area contributed by atoms with Gasteiger partial charge in [-0.3, -0.25) is 4.90 Å². The van der Waals surface area contributed by atoms with Crippen LogP contribution in [0.4, 0.5) is 0 Å². The normalized spacial score (nSPS) is 29.3. The Labute approximate surface area is 93.8 Å². The molecule has 1 rings (SSSR count). The summed E-state index contributed by atoms with van der Waals surface area (Å²) in [6, 6.07) is 0.549. The van der Waals surface area contributed by atoms with Gasteiger partial charge in [0.1, 0.15) is 0 Å². The quantitative estimate of drug-likeness (QED) is 0.739. The molecule has 0 radical (unpaired) electrons. The molecule has 0 aromatic carbocycles. The van der Waals surface area contributed by atoms with Crippen LogP contribution in [0.15, 0.2) is 0 Å². The minimum Gasteiger partial charge on any atom is -0.299 e. The molecule has 15 heavy (non-hydrogen) atoms. The first-order valence-corrected chi connectivity index (χ1v) is 7.71. The summed E-state index contributed by atoms with van der Waals surface area (Å²) in [7, 11) is -2.80. The van der Waals surface area contributed by atoms with E-state index >= 15 is 0 Å². The molecule has 0 unspecified atom stereocenters. The van der Waals surface area contributed by atoms with Crippen LogP contribution in [0, 0.1) is 5.92 Å². The maximum Gasteiger partial charge on any atom is 0.151 e. The number of hydrogen-bond donors (Lipinski definition) is 0. The van der Waals surface area contributed by atoms with Gasteiger partial charge in [-0.2, -0.15) is 0 Å². The summed E-state index contributed by atoms with van der Waals surface area (Å²) in [5.74, 6) is 1.30. The Bertz CT molecular complexity index is 287. The van der Waals surface area contributed by atoms with Crippen molar-refractivity contribution < 1.29 is 8.42 Å². The Morgan fingerprint density at radius 2 is 1.93 bits per heavy atom. The van der Waals surface area contributed by atoms with E-state index in [1.165, 1.54) is 12.8 Å². The van der Waals surface area contributed by atoms with Gasteiger partial charge in [0.05, 0.1) is 5.75 Å². The van der Waals surface area contributed by atoms with E-state index in [0.717, 1.165) is 6.54 Å². The summed E-state index contributed by atoms with van der Waals surface area (Å²) < 4.78 is 22.8. The zero-order valence-corrected chi connectivity index (χ0v) is 10.9. The highest BCUT2D eigenvalue weighted by molar-refractivity contribution is 7.91. The van der Waals surface area contributed by atoms with Crippen molar-refractivity contribution in [1.82, 2.24) is 4.90 Å². The smallest absolute Gasteiger partial charge is 0.151 e. The minimum absolute atomic E-state index is 0.269. The Morgan fingerprint density at radius 3 is 2.53 bits per heavy atom. The molecule has 0 aliphatic carbocycles. The SMILES string of the molecule is CCS(=O)(=O)CCN1C[C@@H](C)CC[C@H]1C. The largest absolute Gasteiger partial charge is 0.299 e. The second kappa shape index (κ2) is 5.30. The van der Waals surface area contributed by atoms with E-state index in [0.29, 0.717) is 24.3 Å². The molecule has 0 bridgehead atoms. The predicted molar refractivity (Wildman–Crippen MR) is 63.8 cm³/mol. The zero-order valence-electron chi connectivity index (χ0n) is 10.1. The van der Waals surface area contributed by atoms with Crippen molar-refractivity contribution in [2.75, 3.05) is 24.6 Å². The van der Waals surface area contributed by atoms with Gasteiger partial charge in [0.2, 0.25) is 0 Å². The molecule has 4 heteroatoms. The molecule has 0 N–H and O–H groups in total. The van der Waals surface area contributed by atoms with Gasteiger partial charge >= 0.3 is 0 Å². The van der Waals surface area contributed by atoms with Crippen LogP contribution in [0.25, 0.3) is 0 Å². The van der Waals surface area contributed by atoms with E-state index in [4.69, 9.17) is 0 Å². The third-order valence-electron chi connectivity index (χ3n) is 3.38. The summed E-state index contributed by atoms with van der Waals surface area (Å²) in [6.45, 7) is 7.93. The molecular weight excluding hydrogens is 210 g/mol. The average Bonchev–Trinajstić information content (AvgIpc) is 2.20. The molecule has 0 saturated carbocycles. The Hall–Kier alpha value is -0.0900. The number of sulfone groups is 1. The third kappa shape index (κ3) is 4.11. The molecular formula is C11H23NO2S. The molecule has 2 atom stereocenters. The highest BCUT2D eigenvalue weighted by Gasteiger charge is 2.23. The van der Waals surface area contributed by atoms with Crippen LogP contribution >= 0.6 is 0 Å². The maximum absolute atomic E-state index is 11.4. The maximum atomic E-state index is 11.4. The number of rotatable bonds is 4. The average molecular weight is 233 g/mol. The molecule has 1 aliphatic rings. The lowest BCUT2D eigenvalue weighted by molar-refractivity contribution is 0.133. The predicted octanol–water partition coefficient (Wildman–Crippen LogP) is 1.54. The van der Waals surface area contributed by atoms with Gasteiger partial charge in [-0.1, -0.05) is 13.8 Å². The van der Waals surface area contributed by atoms with Gasteiger partial charge in [0.15, 0.2) is 9.84 Å². The monoisotopic (exact) mass is 233 g/mol. The zero-order chi connectivity index (χ0) is 11.5. The van der Waals surface area contributed by atoms with Crippen LogP contribution < -0.4 is 0 Å². The van der Waals surface area contributed by atoms with E-state index in [1.807, 2.05) is 0 Å². The Morgan fingerprint density at radius 1 is 1.27 bits per heavy atom. The molecule has 1 fully saturated rings. The first-order chi connectivity index (χ1) is 6.94. The number of likely N-dealkylation sites (tertiary alicyclic amines) is 1. The fourth-order valence-corrected chi connectivity index (χ4v) is 2.89. The molecule has 1 saturated heterocycles. The Balaban J connectivity index is 2.43. The standard InChI is InChI=1S/C11H23NO2S/c1-4-15(13,14)8-7-12-9-10(2)5-6-11(12)3/h10-11H,4-9H2,1-3H3/t10-,11+/m0/s1. The fraction of sp³-hybridized carbons (Fsp3) is 1.00. The lowest BCUT2D eigenvalue weighted by Gasteiger charge is -2.36. The fourth-order valence-electron chi connectivity index (χ4n) is 2.09. The van der Waals surface area contributed by atoms with E-state index < -0.39 is 9.84 Å². The van der Waals surface area contributed by atoms with E-state index in [-0.39, 0.29) is 5.75 Å². The summed E-state index contributed by atoms with van der Waals surface area (Å²) in [5.41, 5.74) is 0. The van der Waals surface area contributed by atoms with Crippen molar-refractivity contribution in [3.63, 3.8) is 0 Å². The molecule has 90 valence electrons.